The minimum Gasteiger partial charge on any atom is -0.393 e. The van der Waals surface area contributed by atoms with Crippen molar-refractivity contribution in [1.82, 2.24) is 9.88 Å². The lowest BCUT2D eigenvalue weighted by Gasteiger charge is -2.42. The van der Waals surface area contributed by atoms with Crippen LogP contribution in [0, 0.1) is 12.7 Å². The van der Waals surface area contributed by atoms with E-state index in [0.29, 0.717) is 32.5 Å². The summed E-state index contributed by atoms with van der Waals surface area (Å²) in [6, 6.07) is 9.86. The van der Waals surface area contributed by atoms with Crippen LogP contribution in [0.5, 0.6) is 0 Å². The number of aromatic nitrogens is 1. The van der Waals surface area contributed by atoms with E-state index in [2.05, 4.69) is 4.98 Å². The number of pyridine rings is 1. The van der Waals surface area contributed by atoms with Crippen molar-refractivity contribution in [2.45, 2.75) is 25.4 Å². The molecule has 2 aromatic rings. The summed E-state index contributed by atoms with van der Waals surface area (Å²) in [6.45, 7) is 2.85. The van der Waals surface area contributed by atoms with Gasteiger partial charge in [-0.05, 0) is 42.3 Å². The lowest BCUT2D eigenvalue weighted by atomic mass is 9.93. The Morgan fingerprint density at radius 2 is 2.08 bits per heavy atom. The molecule has 1 atom stereocenters. The summed E-state index contributed by atoms with van der Waals surface area (Å²) >= 11 is 0. The summed E-state index contributed by atoms with van der Waals surface area (Å²) in [4.78, 5) is 18.6. The number of halogens is 1. The van der Waals surface area contributed by atoms with Crippen molar-refractivity contribution in [3.8, 4) is 0 Å². The molecule has 26 heavy (non-hydrogen) atoms. The number of ether oxygens (including phenoxy) is 1. The molecule has 138 valence electrons. The van der Waals surface area contributed by atoms with Gasteiger partial charge in [-0.25, -0.2) is 4.39 Å². The summed E-state index contributed by atoms with van der Waals surface area (Å²) in [7, 11) is 0. The van der Waals surface area contributed by atoms with E-state index in [1.54, 1.807) is 23.2 Å². The number of aryl methyl sites for hydroxylation is 1. The first kappa shape index (κ1) is 18.5. The fourth-order valence-corrected chi connectivity index (χ4v) is 3.29. The summed E-state index contributed by atoms with van der Waals surface area (Å²) < 4.78 is 19.0. The first-order valence-corrected chi connectivity index (χ1v) is 8.68. The van der Waals surface area contributed by atoms with Crippen LogP contribution in [-0.4, -0.2) is 52.8 Å². The third kappa shape index (κ3) is 4.45. The van der Waals surface area contributed by atoms with E-state index in [9.17, 15) is 14.3 Å². The van der Waals surface area contributed by atoms with Crippen LogP contribution in [0.4, 0.5) is 4.39 Å². The summed E-state index contributed by atoms with van der Waals surface area (Å²) in [5.41, 5.74) is 1.79. The highest BCUT2D eigenvalue weighted by atomic mass is 19.1. The van der Waals surface area contributed by atoms with Gasteiger partial charge in [-0.1, -0.05) is 12.1 Å². The third-order valence-corrected chi connectivity index (χ3v) is 4.65. The first-order chi connectivity index (χ1) is 12.5. The molecule has 1 saturated heterocycles. The molecule has 1 aromatic carbocycles. The third-order valence-electron chi connectivity index (χ3n) is 4.65. The monoisotopic (exact) mass is 358 g/mol. The molecule has 0 spiro atoms. The van der Waals surface area contributed by atoms with Crippen LogP contribution >= 0.6 is 0 Å². The number of benzene rings is 1. The number of nitrogens with zero attached hydrogens (tertiary/aromatic N) is 2. The summed E-state index contributed by atoms with van der Waals surface area (Å²) in [6.07, 6.45) is 2.41. The Kier molecular flexibility index (Phi) is 5.64. The van der Waals surface area contributed by atoms with Crippen molar-refractivity contribution in [3.63, 3.8) is 0 Å². The molecule has 1 aliphatic heterocycles. The second-order valence-electron chi connectivity index (χ2n) is 6.79. The van der Waals surface area contributed by atoms with Crippen molar-refractivity contribution in [2.24, 2.45) is 0 Å². The Balaban J connectivity index is 1.69. The molecule has 1 aromatic heterocycles. The largest absolute Gasteiger partial charge is 0.393 e. The van der Waals surface area contributed by atoms with Gasteiger partial charge in [0, 0.05) is 24.9 Å². The number of aliphatic hydroxyl groups excluding tert-OH is 1. The van der Waals surface area contributed by atoms with Gasteiger partial charge in [0.1, 0.15) is 11.4 Å². The van der Waals surface area contributed by atoms with Crippen LogP contribution in [0.25, 0.3) is 0 Å². The molecule has 0 bridgehead atoms. The Labute approximate surface area is 152 Å². The quantitative estimate of drug-likeness (QED) is 0.887. The van der Waals surface area contributed by atoms with Gasteiger partial charge in [0.15, 0.2) is 0 Å². The Bertz CT molecular complexity index is 766. The molecule has 6 heteroatoms. The van der Waals surface area contributed by atoms with Crippen molar-refractivity contribution >= 4 is 5.91 Å². The molecule has 3 rings (SSSR count). The zero-order valence-electron chi connectivity index (χ0n) is 14.8. The second-order valence-corrected chi connectivity index (χ2v) is 6.79. The highest BCUT2D eigenvalue weighted by Crippen LogP contribution is 2.24. The minimum absolute atomic E-state index is 0.00386. The van der Waals surface area contributed by atoms with E-state index in [4.69, 9.17) is 4.74 Å². The maximum absolute atomic E-state index is 13.1. The number of hydrogen-bond acceptors (Lipinski definition) is 4. The topological polar surface area (TPSA) is 62.7 Å². The van der Waals surface area contributed by atoms with Gasteiger partial charge in [0.05, 0.1) is 26.2 Å². The van der Waals surface area contributed by atoms with Crippen LogP contribution in [0.1, 0.15) is 16.8 Å². The normalized spacial score (nSPS) is 20.2. The van der Waals surface area contributed by atoms with Gasteiger partial charge in [-0.2, -0.15) is 0 Å². The van der Waals surface area contributed by atoms with Crippen molar-refractivity contribution in [1.29, 1.82) is 0 Å². The second kappa shape index (κ2) is 7.93. The van der Waals surface area contributed by atoms with E-state index in [-0.39, 0.29) is 18.3 Å². The van der Waals surface area contributed by atoms with Crippen LogP contribution < -0.4 is 0 Å². The average molecular weight is 358 g/mol. The Morgan fingerprint density at radius 3 is 2.77 bits per heavy atom. The number of rotatable bonds is 5. The van der Waals surface area contributed by atoms with Crippen LogP contribution in [0.3, 0.4) is 0 Å². The predicted molar refractivity (Wildman–Crippen MR) is 95.1 cm³/mol. The number of amides is 1. The fourth-order valence-electron chi connectivity index (χ4n) is 3.29. The van der Waals surface area contributed by atoms with Crippen LogP contribution in [0.15, 0.2) is 42.6 Å². The molecular formula is C20H23FN2O3. The average Bonchev–Trinajstić information content (AvgIpc) is 2.64. The molecule has 1 aliphatic rings. The van der Waals surface area contributed by atoms with Crippen LogP contribution in [0.2, 0.25) is 0 Å². The van der Waals surface area contributed by atoms with E-state index < -0.39 is 5.60 Å². The Morgan fingerprint density at radius 1 is 1.31 bits per heavy atom. The van der Waals surface area contributed by atoms with Crippen LogP contribution in [-0.2, 0) is 22.4 Å². The first-order valence-electron chi connectivity index (χ1n) is 8.68. The van der Waals surface area contributed by atoms with Gasteiger partial charge >= 0.3 is 0 Å². The molecule has 2 heterocycles. The highest BCUT2D eigenvalue weighted by Gasteiger charge is 2.38. The zero-order chi connectivity index (χ0) is 18.6. The van der Waals surface area contributed by atoms with Gasteiger partial charge < -0.3 is 14.7 Å². The maximum atomic E-state index is 13.1. The number of morpholine rings is 1. The predicted octanol–water partition coefficient (Wildman–Crippen LogP) is 1.90. The summed E-state index contributed by atoms with van der Waals surface area (Å²) in [5, 5.41) is 9.94. The number of carbonyl (C=O) groups is 1. The summed E-state index contributed by atoms with van der Waals surface area (Å²) in [5.74, 6) is -0.309. The van der Waals surface area contributed by atoms with E-state index >= 15 is 0 Å². The van der Waals surface area contributed by atoms with Gasteiger partial charge in [0.25, 0.3) is 0 Å². The number of aliphatic hydroxyl groups is 1. The molecule has 1 N–H and O–H groups in total. The van der Waals surface area contributed by atoms with E-state index in [0.717, 1.165) is 16.8 Å². The van der Waals surface area contributed by atoms with Gasteiger partial charge in [-0.3, -0.25) is 9.78 Å². The molecule has 0 saturated carbocycles. The SMILES string of the molecule is Cc1cc(CC(=O)N2CCO[C@](CO)(Cc3ccc(F)cc3)C2)ccn1. The standard InChI is InChI=1S/C20H23FN2O3/c1-15-10-17(6-7-22-15)11-19(25)23-8-9-26-20(13-23,14-24)12-16-2-4-18(21)5-3-16/h2-7,10,24H,8-9,11-14H2,1H3/t20-/m1/s1. The molecule has 1 fully saturated rings. The molecule has 5 nitrogen and oxygen atoms in total. The fraction of sp³-hybridized carbons (Fsp3) is 0.400. The molecule has 0 unspecified atom stereocenters. The number of carbonyl (C=O) groups excluding carboxylic acids is 1. The van der Waals surface area contributed by atoms with Crippen molar-refractivity contribution < 1.29 is 19.0 Å². The molecule has 0 radical (unpaired) electrons. The van der Waals surface area contributed by atoms with Crippen molar-refractivity contribution in [2.75, 3.05) is 26.3 Å². The van der Waals surface area contributed by atoms with E-state index in [1.807, 2.05) is 19.1 Å². The smallest absolute Gasteiger partial charge is 0.227 e. The van der Waals surface area contributed by atoms with E-state index in [1.165, 1.54) is 12.1 Å². The van der Waals surface area contributed by atoms with Gasteiger partial charge in [-0.15, -0.1) is 0 Å². The lowest BCUT2D eigenvalue weighted by Crippen LogP contribution is -2.57. The minimum atomic E-state index is -0.861. The Hall–Kier alpha value is -2.31. The maximum Gasteiger partial charge on any atom is 0.227 e. The molecule has 0 aliphatic carbocycles. The van der Waals surface area contributed by atoms with Crippen molar-refractivity contribution in [3.05, 3.63) is 65.2 Å². The highest BCUT2D eigenvalue weighted by molar-refractivity contribution is 5.79. The molecule has 1 amide bonds. The number of hydrogen-bond donors (Lipinski definition) is 1. The molecular weight excluding hydrogens is 335 g/mol. The van der Waals surface area contributed by atoms with Gasteiger partial charge in [0.2, 0.25) is 5.91 Å². The zero-order valence-corrected chi connectivity index (χ0v) is 14.8. The lowest BCUT2D eigenvalue weighted by molar-refractivity contribution is -0.157.